The summed E-state index contributed by atoms with van der Waals surface area (Å²) in [6, 6.07) is 17.9. The van der Waals surface area contributed by atoms with Crippen LogP contribution in [0.3, 0.4) is 0 Å². The number of aryl methyl sites for hydroxylation is 1. The van der Waals surface area contributed by atoms with E-state index >= 15 is 0 Å². The number of methoxy groups -OCH3 is 1. The maximum Gasteiger partial charge on any atom is 0.267 e. The van der Waals surface area contributed by atoms with Crippen molar-refractivity contribution in [3.8, 4) is 11.4 Å². The number of nitrogens with zero attached hydrogens (tertiary/aromatic N) is 2. The third-order valence-electron chi connectivity index (χ3n) is 5.88. The molecule has 0 spiro atoms. The summed E-state index contributed by atoms with van der Waals surface area (Å²) in [5, 5.41) is 1.57. The molecule has 1 atom stereocenters. The van der Waals surface area contributed by atoms with Crippen molar-refractivity contribution in [2.75, 3.05) is 7.11 Å². The van der Waals surface area contributed by atoms with E-state index in [2.05, 4.69) is 19.1 Å². The highest BCUT2D eigenvalue weighted by atomic mass is 32.2. The van der Waals surface area contributed by atoms with Crippen molar-refractivity contribution in [1.82, 2.24) is 9.55 Å². The highest BCUT2D eigenvalue weighted by Crippen LogP contribution is 2.41. The third kappa shape index (κ3) is 3.79. The van der Waals surface area contributed by atoms with Gasteiger partial charge in [-0.1, -0.05) is 49.0 Å². The van der Waals surface area contributed by atoms with Gasteiger partial charge in [0.15, 0.2) is 5.16 Å². The highest BCUT2D eigenvalue weighted by molar-refractivity contribution is 7.98. The number of ether oxygens (including phenoxy) is 1. The molecule has 0 N–H and O–H groups in total. The lowest BCUT2D eigenvalue weighted by Crippen LogP contribution is -2.22. The zero-order valence-corrected chi connectivity index (χ0v) is 19.3. The zero-order chi connectivity index (χ0) is 21.4. The second-order valence-electron chi connectivity index (χ2n) is 7.92. The Balaban J connectivity index is 1.63. The van der Waals surface area contributed by atoms with E-state index < -0.39 is 0 Å². The first-order chi connectivity index (χ1) is 15.2. The minimum Gasteiger partial charge on any atom is -0.497 e. The first-order valence-corrected chi connectivity index (χ1v) is 12.4. The van der Waals surface area contributed by atoms with Crippen LogP contribution in [0.25, 0.3) is 15.9 Å². The summed E-state index contributed by atoms with van der Waals surface area (Å²) in [5.74, 6) is 1.98. The second kappa shape index (κ2) is 8.52. The van der Waals surface area contributed by atoms with E-state index in [-0.39, 0.29) is 5.56 Å². The van der Waals surface area contributed by atoms with Gasteiger partial charge in [-0.3, -0.25) is 9.36 Å². The number of hydrogen-bond acceptors (Lipinski definition) is 5. The molecule has 1 aliphatic rings. The summed E-state index contributed by atoms with van der Waals surface area (Å²) >= 11 is 3.31. The standard InChI is InChI=1S/C25H24N2O2S2/c1-16-7-6-10-20-21(16)22-23(31-20)26-25(27(24(22)28)18-8-4-3-5-9-18)30-15-17-11-13-19(29-2)14-12-17/h3-5,8-9,11-14,16H,6-7,10,15H2,1-2H3/t16-/m1/s1. The second-order valence-corrected chi connectivity index (χ2v) is 9.95. The molecule has 0 unspecified atom stereocenters. The number of aromatic nitrogens is 2. The lowest BCUT2D eigenvalue weighted by Gasteiger charge is -2.19. The number of rotatable bonds is 5. The van der Waals surface area contributed by atoms with Gasteiger partial charge < -0.3 is 4.74 Å². The van der Waals surface area contributed by atoms with Crippen LogP contribution in [-0.4, -0.2) is 16.7 Å². The number of thiophene rings is 1. The fraction of sp³-hybridized carbons (Fsp3) is 0.280. The molecule has 0 radical (unpaired) electrons. The van der Waals surface area contributed by atoms with Crippen LogP contribution in [0.1, 0.15) is 41.7 Å². The van der Waals surface area contributed by atoms with E-state index in [9.17, 15) is 4.79 Å². The van der Waals surface area contributed by atoms with Crippen LogP contribution < -0.4 is 10.3 Å². The zero-order valence-electron chi connectivity index (χ0n) is 17.6. The molecule has 158 valence electrons. The number of benzene rings is 2. The first kappa shape index (κ1) is 20.3. The van der Waals surface area contributed by atoms with E-state index in [0.717, 1.165) is 45.4 Å². The Kier molecular flexibility index (Phi) is 5.59. The Bertz CT molecular complexity index is 1280. The van der Waals surface area contributed by atoms with Gasteiger partial charge in [0.1, 0.15) is 10.6 Å². The predicted molar refractivity (Wildman–Crippen MR) is 129 cm³/mol. The number of fused-ring (bicyclic) bond motifs is 3. The molecule has 2 aromatic carbocycles. The molecule has 0 saturated carbocycles. The van der Waals surface area contributed by atoms with E-state index in [1.807, 2.05) is 42.5 Å². The summed E-state index contributed by atoms with van der Waals surface area (Å²) in [4.78, 5) is 21.1. The lowest BCUT2D eigenvalue weighted by atomic mass is 9.88. The highest BCUT2D eigenvalue weighted by Gasteiger charge is 2.26. The Morgan fingerprint density at radius 1 is 1.16 bits per heavy atom. The fourth-order valence-electron chi connectivity index (χ4n) is 4.29. The maximum atomic E-state index is 13.8. The summed E-state index contributed by atoms with van der Waals surface area (Å²) < 4.78 is 7.05. The molecular formula is C25H24N2O2S2. The number of hydrogen-bond donors (Lipinski definition) is 0. The normalized spacial score (nSPS) is 15.7. The largest absolute Gasteiger partial charge is 0.497 e. The van der Waals surface area contributed by atoms with E-state index in [0.29, 0.717) is 5.92 Å². The van der Waals surface area contributed by atoms with Gasteiger partial charge in [-0.15, -0.1) is 11.3 Å². The van der Waals surface area contributed by atoms with Crippen LogP contribution in [0.2, 0.25) is 0 Å². The Hall–Kier alpha value is -2.57. The van der Waals surface area contributed by atoms with Crippen LogP contribution >= 0.6 is 23.1 Å². The van der Waals surface area contributed by atoms with Gasteiger partial charge in [0.05, 0.1) is 18.2 Å². The minimum absolute atomic E-state index is 0.0553. The number of thioether (sulfide) groups is 1. The molecular weight excluding hydrogens is 424 g/mol. The van der Waals surface area contributed by atoms with Crippen molar-refractivity contribution in [2.24, 2.45) is 0 Å². The smallest absolute Gasteiger partial charge is 0.267 e. The van der Waals surface area contributed by atoms with E-state index in [1.165, 1.54) is 22.4 Å². The van der Waals surface area contributed by atoms with Crippen molar-refractivity contribution in [3.05, 3.63) is 81.0 Å². The van der Waals surface area contributed by atoms with Crippen LogP contribution in [-0.2, 0) is 12.2 Å². The summed E-state index contributed by atoms with van der Waals surface area (Å²) in [6.07, 6.45) is 3.38. The number of para-hydroxylation sites is 1. The van der Waals surface area contributed by atoms with Crippen molar-refractivity contribution >= 4 is 33.3 Å². The van der Waals surface area contributed by atoms with Crippen molar-refractivity contribution in [3.63, 3.8) is 0 Å². The predicted octanol–water partition coefficient (Wildman–Crippen LogP) is 6.19. The van der Waals surface area contributed by atoms with Gasteiger partial charge in [0.25, 0.3) is 5.56 Å². The van der Waals surface area contributed by atoms with Crippen LogP contribution in [0.5, 0.6) is 5.75 Å². The molecule has 4 aromatic rings. The van der Waals surface area contributed by atoms with Crippen molar-refractivity contribution in [2.45, 2.75) is 43.0 Å². The molecule has 0 amide bonds. The Morgan fingerprint density at radius 2 is 1.94 bits per heavy atom. The monoisotopic (exact) mass is 448 g/mol. The topological polar surface area (TPSA) is 44.1 Å². The molecule has 6 heteroatoms. The van der Waals surface area contributed by atoms with Gasteiger partial charge in [-0.25, -0.2) is 4.98 Å². The van der Waals surface area contributed by atoms with Crippen molar-refractivity contribution < 1.29 is 4.74 Å². The molecule has 31 heavy (non-hydrogen) atoms. The Labute approximate surface area is 189 Å². The summed E-state index contributed by atoms with van der Waals surface area (Å²) in [6.45, 7) is 2.24. The molecule has 2 heterocycles. The summed E-state index contributed by atoms with van der Waals surface area (Å²) in [5.41, 5.74) is 3.32. The van der Waals surface area contributed by atoms with Crippen LogP contribution in [0.4, 0.5) is 0 Å². The van der Waals surface area contributed by atoms with Crippen LogP contribution in [0, 0.1) is 0 Å². The van der Waals surface area contributed by atoms with Gasteiger partial charge in [-0.05, 0) is 60.6 Å². The molecule has 0 fully saturated rings. The van der Waals surface area contributed by atoms with Gasteiger partial charge in [0, 0.05) is 10.6 Å². The molecule has 1 aliphatic carbocycles. The maximum absolute atomic E-state index is 13.8. The van der Waals surface area contributed by atoms with Crippen LogP contribution in [0.15, 0.2) is 64.5 Å². The third-order valence-corrected chi connectivity index (χ3v) is 8.05. The van der Waals surface area contributed by atoms with E-state index in [1.54, 1.807) is 34.8 Å². The quantitative estimate of drug-likeness (QED) is 0.270. The lowest BCUT2D eigenvalue weighted by molar-refractivity contribution is 0.414. The average Bonchev–Trinajstić information content (AvgIpc) is 3.18. The first-order valence-electron chi connectivity index (χ1n) is 10.5. The minimum atomic E-state index is 0.0553. The van der Waals surface area contributed by atoms with Gasteiger partial charge in [0.2, 0.25) is 0 Å². The van der Waals surface area contributed by atoms with Gasteiger partial charge in [-0.2, -0.15) is 0 Å². The van der Waals surface area contributed by atoms with Gasteiger partial charge >= 0.3 is 0 Å². The van der Waals surface area contributed by atoms with Crippen molar-refractivity contribution in [1.29, 1.82) is 0 Å². The summed E-state index contributed by atoms with van der Waals surface area (Å²) in [7, 11) is 1.67. The molecule has 0 aliphatic heterocycles. The molecule has 4 nitrogen and oxygen atoms in total. The fourth-order valence-corrected chi connectivity index (χ4v) is 6.63. The molecule has 0 saturated heterocycles. The Morgan fingerprint density at radius 3 is 2.68 bits per heavy atom. The average molecular weight is 449 g/mol. The van der Waals surface area contributed by atoms with E-state index in [4.69, 9.17) is 9.72 Å². The SMILES string of the molecule is COc1ccc(CSc2nc3sc4c(c3c(=O)n2-c2ccccc2)[C@H](C)CCC4)cc1. The molecule has 2 aromatic heterocycles. The molecule has 0 bridgehead atoms. The molecule has 5 rings (SSSR count).